The number of esters is 1. The van der Waals surface area contributed by atoms with Gasteiger partial charge in [-0.15, -0.1) is 0 Å². The van der Waals surface area contributed by atoms with Crippen LogP contribution in [0, 0.1) is 17.2 Å². The molecule has 1 saturated carbocycles. The lowest BCUT2D eigenvalue weighted by atomic mass is 9.59. The van der Waals surface area contributed by atoms with Crippen LogP contribution in [0.1, 0.15) is 96.3 Å². The molecule has 378 valence electrons. The Labute approximate surface area is 421 Å². The summed E-state index contributed by atoms with van der Waals surface area (Å²) in [7, 11) is 0. The fraction of sp³-hybridized carbons (Fsp3) is 0.407. The Hall–Kier alpha value is -7.51. The molecule has 3 aromatic carbocycles. The summed E-state index contributed by atoms with van der Waals surface area (Å²) in [6, 6.07) is 19.6. The molecule has 5 aliphatic rings. The van der Waals surface area contributed by atoms with Crippen molar-refractivity contribution in [1.82, 2.24) is 39.8 Å². The van der Waals surface area contributed by atoms with Gasteiger partial charge in [0.1, 0.15) is 17.7 Å². The van der Waals surface area contributed by atoms with Crippen molar-refractivity contribution in [2.24, 2.45) is 11.3 Å². The van der Waals surface area contributed by atoms with Gasteiger partial charge in [0.05, 0.1) is 29.8 Å². The Morgan fingerprint density at radius 1 is 0.890 bits per heavy atom. The normalized spacial score (nSPS) is 19.7. The lowest BCUT2D eigenvalue weighted by molar-refractivity contribution is -0.125. The van der Waals surface area contributed by atoms with Crippen molar-refractivity contribution in [3.8, 4) is 11.3 Å². The van der Waals surface area contributed by atoms with Gasteiger partial charge in [-0.2, -0.15) is 5.10 Å². The molecule has 18 nitrogen and oxygen atoms in total. The first-order valence-corrected chi connectivity index (χ1v) is 25.3. The number of hydrogen-bond acceptors (Lipinski definition) is 13. The van der Waals surface area contributed by atoms with Crippen LogP contribution in [0.25, 0.3) is 22.2 Å². The molecule has 4 N–H and O–H groups in total. The van der Waals surface area contributed by atoms with Gasteiger partial charge in [-0.05, 0) is 118 Å². The van der Waals surface area contributed by atoms with Crippen LogP contribution in [-0.2, 0) is 14.3 Å². The summed E-state index contributed by atoms with van der Waals surface area (Å²) in [4.78, 5) is 82.2. The first-order chi connectivity index (χ1) is 35.4. The number of fused-ring (bicyclic) bond motifs is 1. The highest BCUT2D eigenvalue weighted by molar-refractivity contribution is 6.10. The molecule has 73 heavy (non-hydrogen) atoms. The molecule has 4 saturated heterocycles. The van der Waals surface area contributed by atoms with Crippen molar-refractivity contribution in [3.05, 3.63) is 120 Å². The number of piperidine rings is 3. The van der Waals surface area contributed by atoms with E-state index in [1.54, 1.807) is 48.7 Å². The second-order valence-corrected chi connectivity index (χ2v) is 20.3. The number of hydrogen-bond donors (Lipinski definition) is 3. The Bertz CT molecular complexity index is 3020. The minimum Gasteiger partial charge on any atom is -0.462 e. The van der Waals surface area contributed by atoms with Gasteiger partial charge in [0.25, 0.3) is 11.8 Å². The molecule has 4 aliphatic heterocycles. The van der Waals surface area contributed by atoms with E-state index in [2.05, 4.69) is 30.4 Å². The van der Waals surface area contributed by atoms with E-state index < -0.39 is 29.8 Å². The number of amides is 5. The molecular weight excluding hydrogens is 934 g/mol. The largest absolute Gasteiger partial charge is 0.462 e. The number of likely N-dealkylation sites (tertiary alicyclic amines) is 3. The van der Waals surface area contributed by atoms with Crippen molar-refractivity contribution < 1.29 is 37.5 Å². The number of halogens is 1. The van der Waals surface area contributed by atoms with Crippen LogP contribution in [-0.4, -0.2) is 123 Å². The minimum absolute atomic E-state index is 0.00780. The minimum atomic E-state index is -1.35. The average molecular weight is 992 g/mol. The maximum Gasteiger partial charge on any atom is 0.361 e. The van der Waals surface area contributed by atoms with Gasteiger partial charge in [-0.1, -0.05) is 30.3 Å². The highest BCUT2D eigenvalue weighted by atomic mass is 19.1. The van der Waals surface area contributed by atoms with E-state index in [0.29, 0.717) is 56.7 Å². The maximum atomic E-state index is 13.6. The summed E-state index contributed by atoms with van der Waals surface area (Å²) in [5.74, 6) is -1.88. The van der Waals surface area contributed by atoms with Gasteiger partial charge in [0.2, 0.25) is 12.0 Å². The number of nitrogens with zero attached hydrogens (tertiary/aromatic N) is 8. The van der Waals surface area contributed by atoms with Gasteiger partial charge in [0, 0.05) is 85.7 Å². The fourth-order valence-corrected chi connectivity index (χ4v) is 11.5. The number of imide groups is 1. The number of benzene rings is 3. The molecule has 11 rings (SSSR count). The number of rotatable bonds is 12. The molecule has 1 spiro atoms. The van der Waals surface area contributed by atoms with Crippen LogP contribution in [0.5, 0.6) is 0 Å². The zero-order chi connectivity index (χ0) is 50.2. The van der Waals surface area contributed by atoms with Crippen LogP contribution in [0.4, 0.5) is 26.4 Å². The monoisotopic (exact) mass is 991 g/mol. The van der Waals surface area contributed by atoms with Crippen molar-refractivity contribution in [1.29, 1.82) is 0 Å². The number of furan rings is 1. The summed E-state index contributed by atoms with van der Waals surface area (Å²) in [6.07, 6.45) is 14.4. The first kappa shape index (κ1) is 47.8. The molecule has 3 aromatic heterocycles. The number of nitrogens with two attached hydrogens (primary N) is 1. The summed E-state index contributed by atoms with van der Waals surface area (Å²) >= 11 is 0. The summed E-state index contributed by atoms with van der Waals surface area (Å²) < 4.78 is 27.0. The Balaban J connectivity index is 0.619. The Morgan fingerprint density at radius 2 is 1.64 bits per heavy atom. The molecular formula is C54H58FN11O7. The quantitative estimate of drug-likeness (QED) is 0.103. The third-order valence-corrected chi connectivity index (χ3v) is 15.8. The van der Waals surface area contributed by atoms with Crippen molar-refractivity contribution in [3.63, 3.8) is 0 Å². The first-order valence-electron chi connectivity index (χ1n) is 25.3. The molecule has 0 bridgehead atoms. The molecule has 0 unspecified atom stereocenters. The van der Waals surface area contributed by atoms with E-state index in [9.17, 15) is 28.4 Å². The van der Waals surface area contributed by atoms with Gasteiger partial charge in [-0.25, -0.2) is 23.9 Å². The molecule has 19 heteroatoms. The number of anilines is 3. The second kappa shape index (κ2) is 20.2. The molecule has 5 amide bonds. The summed E-state index contributed by atoms with van der Waals surface area (Å²) in [6.45, 7) is 7.07. The third-order valence-electron chi connectivity index (χ3n) is 15.8. The van der Waals surface area contributed by atoms with E-state index >= 15 is 0 Å². The number of nitrogens with one attached hydrogen (secondary N) is 2. The molecule has 7 heterocycles. The van der Waals surface area contributed by atoms with Gasteiger partial charge in [-0.3, -0.25) is 29.3 Å². The summed E-state index contributed by atoms with van der Waals surface area (Å²) in [5.41, 5.74) is 9.88. The van der Waals surface area contributed by atoms with Crippen LogP contribution < -0.4 is 21.3 Å². The lowest BCUT2D eigenvalue weighted by Gasteiger charge is -2.56. The molecule has 1 aliphatic carbocycles. The number of carbonyl (C=O) groups excluding carboxylic acids is 5. The van der Waals surface area contributed by atoms with Gasteiger partial charge >= 0.3 is 12.0 Å². The number of urea groups is 1. The lowest BCUT2D eigenvalue weighted by Crippen LogP contribution is -2.56. The number of nitrogen functional groups attached to an aromatic ring is 1. The Kier molecular flexibility index (Phi) is 13.2. The smallest absolute Gasteiger partial charge is 0.361 e. The van der Waals surface area contributed by atoms with Gasteiger partial charge < -0.3 is 34.9 Å². The van der Waals surface area contributed by atoms with Crippen LogP contribution >= 0.6 is 0 Å². The second-order valence-electron chi connectivity index (χ2n) is 20.3. The average Bonchev–Trinajstić information content (AvgIpc) is 4.07. The predicted octanol–water partition coefficient (Wildman–Crippen LogP) is 7.22. The van der Waals surface area contributed by atoms with Crippen molar-refractivity contribution >= 4 is 57.9 Å². The van der Waals surface area contributed by atoms with Crippen molar-refractivity contribution in [2.45, 2.75) is 76.0 Å². The highest BCUT2D eigenvalue weighted by Gasteiger charge is 2.48. The molecule has 5 fully saturated rings. The van der Waals surface area contributed by atoms with E-state index in [4.69, 9.17) is 20.0 Å². The number of aromatic nitrogens is 4. The zero-order valence-electron chi connectivity index (χ0n) is 40.5. The number of ether oxygens (including phenoxy) is 1. The number of carbonyl (C=O) groups is 5. The van der Waals surface area contributed by atoms with E-state index in [0.717, 1.165) is 76.9 Å². The predicted molar refractivity (Wildman–Crippen MR) is 269 cm³/mol. The van der Waals surface area contributed by atoms with Crippen LogP contribution in [0.15, 0.2) is 102 Å². The fourth-order valence-electron chi connectivity index (χ4n) is 11.5. The molecule has 0 radical (unpaired) electrons. The SMILES string of the molecule is Nc1ncc(-c2cnn(C3CCN(C4CC5(CCN(CC6CCN(C(=O)c7ccc8c(N9CCC(=O)NC9=O)coc8c7)CC6)CC5)C4)CC3)c2)nc1C(=O)O[C@@H](C(=O)Nc1ccc(F)cc1)c1ccccc1. The third kappa shape index (κ3) is 10.2. The molecule has 1 atom stereocenters. The van der Waals surface area contributed by atoms with E-state index in [-0.39, 0.29) is 42.3 Å². The van der Waals surface area contributed by atoms with Crippen LogP contribution in [0.3, 0.4) is 0 Å². The van der Waals surface area contributed by atoms with Crippen LogP contribution in [0.2, 0.25) is 0 Å². The van der Waals surface area contributed by atoms with Gasteiger partial charge in [0.15, 0.2) is 11.5 Å². The van der Waals surface area contributed by atoms with E-state index in [1.165, 1.54) is 67.3 Å². The Morgan fingerprint density at radius 3 is 2.38 bits per heavy atom. The standard InChI is InChI=1S/C54H58FN11O7/c55-38-7-9-39(10-8-38)59-50(68)48(35-4-2-1-3-5-35)73-52(70)47-49(56)57-30-43(60-47)37-29-58-66(32-37)40-14-21-63(22-15-40)41-27-54(28-41)17-24-62(25-18-54)31-34-12-19-64(20-13-34)51(69)36-6-11-42-44(33-72-45(42)26-36)65-23-16-46(67)61-53(65)71/h1-11,26,29-30,32-34,40-41,48H,12-25,27-28,31H2,(H2,56,57)(H,59,68)(H,61,67,71)/t48-/m1/s1. The molecule has 6 aromatic rings. The van der Waals surface area contributed by atoms with Crippen molar-refractivity contribution in [2.75, 3.05) is 68.3 Å². The topological polar surface area (TPSA) is 214 Å². The zero-order valence-corrected chi connectivity index (χ0v) is 40.5. The maximum absolute atomic E-state index is 13.6. The summed E-state index contributed by atoms with van der Waals surface area (Å²) in [5, 5.41) is 10.5. The highest BCUT2D eigenvalue weighted by Crippen LogP contribution is 2.51. The van der Waals surface area contributed by atoms with E-state index in [1.807, 2.05) is 21.8 Å².